The minimum atomic E-state index is -3.72. The number of carbonyl (C=O) groups is 1. The van der Waals surface area contributed by atoms with E-state index in [9.17, 15) is 13.2 Å². The van der Waals surface area contributed by atoms with Gasteiger partial charge >= 0.3 is 0 Å². The number of carbonyl (C=O) groups excluding carboxylic acids is 1. The van der Waals surface area contributed by atoms with Crippen molar-refractivity contribution in [1.29, 1.82) is 0 Å². The molecule has 1 aliphatic rings. The molecular formula is C27H29ClN2O4S. The van der Waals surface area contributed by atoms with Crippen molar-refractivity contribution in [3.05, 3.63) is 87.9 Å². The van der Waals surface area contributed by atoms with Gasteiger partial charge in [0.05, 0.1) is 9.92 Å². The van der Waals surface area contributed by atoms with Crippen molar-refractivity contribution in [3.63, 3.8) is 0 Å². The number of anilines is 1. The summed E-state index contributed by atoms with van der Waals surface area (Å²) >= 11 is 6.35. The van der Waals surface area contributed by atoms with Crippen LogP contribution in [0.1, 0.15) is 42.0 Å². The lowest BCUT2D eigenvalue weighted by molar-refractivity contribution is -0.118. The van der Waals surface area contributed by atoms with Gasteiger partial charge in [0.15, 0.2) is 6.61 Å². The largest absolute Gasteiger partial charge is 0.482 e. The van der Waals surface area contributed by atoms with Gasteiger partial charge < -0.3 is 10.1 Å². The predicted octanol–water partition coefficient (Wildman–Crippen LogP) is 5.54. The van der Waals surface area contributed by atoms with Crippen LogP contribution in [-0.2, 0) is 27.8 Å². The fourth-order valence-electron chi connectivity index (χ4n) is 4.24. The normalized spacial score (nSPS) is 14.0. The quantitative estimate of drug-likeness (QED) is 0.451. The maximum Gasteiger partial charge on any atom is 0.262 e. The number of fused-ring (bicyclic) bond motifs is 1. The first kappa shape index (κ1) is 25.2. The highest BCUT2D eigenvalue weighted by Crippen LogP contribution is 2.31. The van der Waals surface area contributed by atoms with E-state index in [0.29, 0.717) is 19.5 Å². The van der Waals surface area contributed by atoms with Crippen LogP contribution in [0.4, 0.5) is 5.69 Å². The van der Waals surface area contributed by atoms with Crippen molar-refractivity contribution >= 4 is 33.2 Å². The summed E-state index contributed by atoms with van der Waals surface area (Å²) in [6, 6.07) is 18.1. The monoisotopic (exact) mass is 512 g/mol. The molecule has 0 radical (unpaired) electrons. The summed E-state index contributed by atoms with van der Waals surface area (Å²) in [6.07, 6.45) is 0.666. The summed E-state index contributed by atoms with van der Waals surface area (Å²) in [5.41, 5.74) is 4.98. The Kier molecular flexibility index (Phi) is 7.50. The zero-order valence-corrected chi connectivity index (χ0v) is 21.6. The third kappa shape index (κ3) is 5.53. The van der Waals surface area contributed by atoms with Crippen LogP contribution < -0.4 is 10.1 Å². The minimum absolute atomic E-state index is 0.0974. The smallest absolute Gasteiger partial charge is 0.262 e. The molecule has 35 heavy (non-hydrogen) atoms. The van der Waals surface area contributed by atoms with Gasteiger partial charge in [-0.25, -0.2) is 8.42 Å². The second-order valence-corrected chi connectivity index (χ2v) is 11.3. The molecule has 3 aromatic carbocycles. The Hall–Kier alpha value is -2.87. The van der Waals surface area contributed by atoms with Gasteiger partial charge in [-0.15, -0.1) is 0 Å². The highest BCUT2D eigenvalue weighted by Gasteiger charge is 2.28. The van der Waals surface area contributed by atoms with E-state index in [0.717, 1.165) is 22.4 Å². The molecule has 0 fully saturated rings. The number of ether oxygens (including phenoxy) is 1. The molecule has 0 atom stereocenters. The molecule has 0 saturated heterocycles. The first-order valence-corrected chi connectivity index (χ1v) is 13.4. The number of sulfonamides is 1. The maximum absolute atomic E-state index is 13.2. The van der Waals surface area contributed by atoms with E-state index in [4.69, 9.17) is 16.3 Å². The number of para-hydroxylation sites is 1. The van der Waals surface area contributed by atoms with E-state index in [1.165, 1.54) is 28.1 Å². The van der Waals surface area contributed by atoms with Gasteiger partial charge in [-0.1, -0.05) is 67.9 Å². The van der Waals surface area contributed by atoms with Crippen LogP contribution in [0.25, 0.3) is 0 Å². The van der Waals surface area contributed by atoms with Gasteiger partial charge in [-0.05, 0) is 59.7 Å². The Labute approximate surface area is 211 Å². The molecule has 0 saturated carbocycles. The van der Waals surface area contributed by atoms with E-state index in [-0.39, 0.29) is 34.1 Å². The molecule has 1 amide bonds. The van der Waals surface area contributed by atoms with Crippen LogP contribution in [0, 0.1) is 6.92 Å². The molecule has 1 N–H and O–H groups in total. The van der Waals surface area contributed by atoms with E-state index in [1.807, 2.05) is 49.4 Å². The van der Waals surface area contributed by atoms with Crippen LogP contribution in [0.2, 0.25) is 5.02 Å². The molecular weight excluding hydrogens is 484 g/mol. The molecule has 6 nitrogen and oxygen atoms in total. The molecule has 0 aliphatic carbocycles. The zero-order valence-electron chi connectivity index (χ0n) is 20.0. The van der Waals surface area contributed by atoms with Gasteiger partial charge in [0.1, 0.15) is 5.75 Å². The summed E-state index contributed by atoms with van der Waals surface area (Å²) in [7, 11) is -3.72. The molecule has 1 heterocycles. The Morgan fingerprint density at radius 2 is 1.83 bits per heavy atom. The lowest BCUT2D eigenvalue weighted by Crippen LogP contribution is -2.35. The second-order valence-electron chi connectivity index (χ2n) is 8.98. The standard InChI is InChI=1S/C27H29ClN2O4S/c1-18(2)23-10-6-7-19(3)27(23)29-26(31)17-34-25-12-11-22(15-24(25)28)35(32,33)30-14-13-20-8-4-5-9-21(20)16-30/h4-12,15,18H,13-14,16-17H2,1-3H3,(H,29,31). The van der Waals surface area contributed by atoms with Crippen LogP contribution in [0.3, 0.4) is 0 Å². The second kappa shape index (κ2) is 10.4. The Morgan fingerprint density at radius 3 is 2.54 bits per heavy atom. The number of nitrogens with one attached hydrogen (secondary N) is 1. The van der Waals surface area contributed by atoms with Crippen LogP contribution >= 0.6 is 11.6 Å². The summed E-state index contributed by atoms with van der Waals surface area (Å²) in [5.74, 6) is 0.183. The molecule has 0 unspecified atom stereocenters. The zero-order chi connectivity index (χ0) is 25.2. The van der Waals surface area contributed by atoms with Crippen molar-refractivity contribution < 1.29 is 17.9 Å². The summed E-state index contributed by atoms with van der Waals surface area (Å²) in [5, 5.41) is 3.06. The Morgan fingerprint density at radius 1 is 1.09 bits per heavy atom. The van der Waals surface area contributed by atoms with Crippen LogP contribution in [-0.4, -0.2) is 31.8 Å². The molecule has 1 aliphatic heterocycles. The van der Waals surface area contributed by atoms with Gasteiger partial charge in [0.2, 0.25) is 10.0 Å². The van der Waals surface area contributed by atoms with Gasteiger partial charge in [-0.3, -0.25) is 4.79 Å². The Balaban J connectivity index is 1.43. The number of aryl methyl sites for hydroxylation is 1. The van der Waals surface area contributed by atoms with E-state index in [2.05, 4.69) is 19.2 Å². The van der Waals surface area contributed by atoms with Crippen molar-refractivity contribution in [2.24, 2.45) is 0 Å². The fourth-order valence-corrected chi connectivity index (χ4v) is 5.99. The molecule has 0 spiro atoms. The summed E-state index contributed by atoms with van der Waals surface area (Å²) in [6.45, 7) is 6.57. The van der Waals surface area contributed by atoms with Crippen molar-refractivity contribution in [1.82, 2.24) is 4.31 Å². The van der Waals surface area contributed by atoms with Gasteiger partial charge in [0.25, 0.3) is 5.91 Å². The third-order valence-electron chi connectivity index (χ3n) is 6.19. The first-order valence-electron chi connectivity index (χ1n) is 11.6. The number of rotatable bonds is 7. The minimum Gasteiger partial charge on any atom is -0.482 e. The van der Waals surface area contributed by atoms with Gasteiger partial charge in [-0.2, -0.15) is 4.31 Å². The number of benzene rings is 3. The van der Waals surface area contributed by atoms with Crippen molar-refractivity contribution in [2.45, 2.75) is 44.6 Å². The maximum atomic E-state index is 13.2. The SMILES string of the molecule is Cc1cccc(C(C)C)c1NC(=O)COc1ccc(S(=O)(=O)N2CCc3ccccc3C2)cc1Cl. The molecule has 3 aromatic rings. The molecule has 0 aromatic heterocycles. The number of hydrogen-bond donors (Lipinski definition) is 1. The molecule has 0 bridgehead atoms. The van der Waals surface area contributed by atoms with Crippen molar-refractivity contribution in [3.8, 4) is 5.75 Å². The molecule has 8 heteroatoms. The summed E-state index contributed by atoms with van der Waals surface area (Å²) in [4.78, 5) is 12.7. The number of hydrogen-bond acceptors (Lipinski definition) is 4. The average molecular weight is 513 g/mol. The first-order chi connectivity index (χ1) is 16.7. The highest BCUT2D eigenvalue weighted by molar-refractivity contribution is 7.89. The Bertz CT molecular complexity index is 1360. The summed E-state index contributed by atoms with van der Waals surface area (Å²) < 4.78 is 33.5. The highest BCUT2D eigenvalue weighted by atomic mass is 35.5. The number of amides is 1. The predicted molar refractivity (Wildman–Crippen MR) is 139 cm³/mol. The molecule has 184 valence electrons. The lowest BCUT2D eigenvalue weighted by atomic mass is 9.98. The van der Waals surface area contributed by atoms with Crippen LogP contribution in [0.5, 0.6) is 5.75 Å². The molecule has 4 rings (SSSR count). The third-order valence-corrected chi connectivity index (χ3v) is 8.32. The number of nitrogens with zero attached hydrogens (tertiary/aromatic N) is 1. The van der Waals surface area contributed by atoms with E-state index in [1.54, 1.807) is 0 Å². The number of halogens is 1. The van der Waals surface area contributed by atoms with Crippen molar-refractivity contribution in [2.75, 3.05) is 18.5 Å². The average Bonchev–Trinajstić information content (AvgIpc) is 2.84. The van der Waals surface area contributed by atoms with Gasteiger partial charge in [0, 0.05) is 18.8 Å². The topological polar surface area (TPSA) is 75.7 Å². The fraction of sp³-hybridized carbons (Fsp3) is 0.296. The van der Waals surface area contributed by atoms with E-state index < -0.39 is 10.0 Å². The van der Waals surface area contributed by atoms with Crippen LogP contribution in [0.15, 0.2) is 65.6 Å². The van der Waals surface area contributed by atoms with E-state index >= 15 is 0 Å². The lowest BCUT2D eigenvalue weighted by Gasteiger charge is -2.28.